The molecule has 1 aromatic carbocycles. The maximum Gasteiger partial charge on any atom is 0.125 e. The van der Waals surface area contributed by atoms with E-state index in [4.69, 9.17) is 5.84 Å². The van der Waals surface area contributed by atoms with E-state index in [0.717, 1.165) is 22.9 Å². The lowest BCUT2D eigenvalue weighted by atomic mass is 10.1. The van der Waals surface area contributed by atoms with Crippen LogP contribution in [0.25, 0.3) is 10.9 Å². The lowest BCUT2D eigenvalue weighted by molar-refractivity contribution is 0.629. The van der Waals surface area contributed by atoms with Crippen LogP contribution in [0.5, 0.6) is 0 Å². The standard InChI is InChI=1S/C10H11FN4/c11-8-1-2-9-7(3-4-14-15-12)6-13-10(9)5-8/h1-2,5-6,13H,3-4H2,(H2,12,14). The topological polar surface area (TPSA) is 66.5 Å². The van der Waals surface area contributed by atoms with Crippen molar-refractivity contribution in [3.8, 4) is 0 Å². The van der Waals surface area contributed by atoms with Gasteiger partial charge in [0, 0.05) is 17.1 Å². The molecule has 0 atom stereocenters. The van der Waals surface area contributed by atoms with Gasteiger partial charge >= 0.3 is 0 Å². The first kappa shape index (κ1) is 9.64. The van der Waals surface area contributed by atoms with E-state index < -0.39 is 0 Å². The third kappa shape index (κ3) is 1.96. The highest BCUT2D eigenvalue weighted by Crippen LogP contribution is 2.19. The van der Waals surface area contributed by atoms with Gasteiger partial charge in [0.15, 0.2) is 0 Å². The average molecular weight is 206 g/mol. The normalized spacial score (nSPS) is 11.5. The molecule has 15 heavy (non-hydrogen) atoms. The number of aromatic nitrogens is 1. The molecule has 0 saturated carbocycles. The summed E-state index contributed by atoms with van der Waals surface area (Å²) >= 11 is 0. The summed E-state index contributed by atoms with van der Waals surface area (Å²) in [6, 6.07) is 4.68. The Kier molecular flexibility index (Phi) is 2.62. The number of fused-ring (bicyclic) bond motifs is 1. The summed E-state index contributed by atoms with van der Waals surface area (Å²) in [6.07, 6.45) is 2.60. The monoisotopic (exact) mass is 206 g/mol. The molecule has 0 bridgehead atoms. The Balaban J connectivity index is 2.28. The van der Waals surface area contributed by atoms with E-state index in [2.05, 4.69) is 15.3 Å². The Bertz CT molecular complexity index is 489. The first-order valence-electron chi connectivity index (χ1n) is 4.63. The molecule has 0 fully saturated rings. The molecule has 0 saturated heterocycles. The molecular weight excluding hydrogens is 195 g/mol. The molecule has 0 aliphatic heterocycles. The number of rotatable bonds is 3. The molecule has 1 heterocycles. The number of nitrogens with zero attached hydrogens (tertiary/aromatic N) is 2. The Morgan fingerprint density at radius 2 is 2.27 bits per heavy atom. The molecule has 3 N–H and O–H groups in total. The molecule has 0 spiro atoms. The van der Waals surface area contributed by atoms with Gasteiger partial charge in [-0.2, -0.15) is 5.11 Å². The predicted octanol–water partition coefficient (Wildman–Crippen LogP) is 2.18. The lowest BCUT2D eigenvalue weighted by Gasteiger charge is -1.95. The first-order valence-corrected chi connectivity index (χ1v) is 4.63. The molecule has 2 rings (SSSR count). The van der Waals surface area contributed by atoms with Gasteiger partial charge in [0.05, 0.1) is 6.54 Å². The molecule has 1 aromatic heterocycles. The molecule has 2 aromatic rings. The van der Waals surface area contributed by atoms with E-state index in [9.17, 15) is 4.39 Å². The molecule has 4 nitrogen and oxygen atoms in total. The van der Waals surface area contributed by atoms with Crippen LogP contribution < -0.4 is 5.84 Å². The van der Waals surface area contributed by atoms with Crippen LogP contribution in [0.2, 0.25) is 0 Å². The fourth-order valence-corrected chi connectivity index (χ4v) is 1.59. The summed E-state index contributed by atoms with van der Waals surface area (Å²) < 4.78 is 12.9. The van der Waals surface area contributed by atoms with Crippen LogP contribution in [0.1, 0.15) is 5.56 Å². The third-order valence-corrected chi connectivity index (χ3v) is 2.29. The first-order chi connectivity index (χ1) is 7.31. The minimum Gasteiger partial charge on any atom is -0.361 e. The summed E-state index contributed by atoms with van der Waals surface area (Å²) in [5.74, 6) is 4.66. The molecule has 5 heteroatoms. The highest BCUT2D eigenvalue weighted by atomic mass is 19.1. The van der Waals surface area contributed by atoms with Gasteiger partial charge in [-0.05, 0) is 30.2 Å². The van der Waals surface area contributed by atoms with Crippen LogP contribution in [0.15, 0.2) is 34.7 Å². The summed E-state index contributed by atoms with van der Waals surface area (Å²) in [7, 11) is 0. The van der Waals surface area contributed by atoms with Crippen LogP contribution in [-0.2, 0) is 6.42 Å². The van der Waals surface area contributed by atoms with Crippen molar-refractivity contribution in [2.24, 2.45) is 16.2 Å². The fraction of sp³-hybridized carbons (Fsp3) is 0.200. The van der Waals surface area contributed by atoms with Crippen molar-refractivity contribution >= 4 is 10.9 Å². The van der Waals surface area contributed by atoms with Crippen molar-refractivity contribution in [1.29, 1.82) is 0 Å². The fourth-order valence-electron chi connectivity index (χ4n) is 1.59. The lowest BCUT2D eigenvalue weighted by Crippen LogP contribution is -1.88. The maximum atomic E-state index is 12.9. The molecule has 0 radical (unpaired) electrons. The van der Waals surface area contributed by atoms with Crippen LogP contribution in [0.3, 0.4) is 0 Å². The van der Waals surface area contributed by atoms with Crippen LogP contribution in [0.4, 0.5) is 4.39 Å². The zero-order valence-electron chi connectivity index (χ0n) is 8.07. The number of halogens is 1. The van der Waals surface area contributed by atoms with Crippen molar-refractivity contribution in [2.45, 2.75) is 6.42 Å². The van der Waals surface area contributed by atoms with Gasteiger partial charge in [-0.25, -0.2) is 4.39 Å². The van der Waals surface area contributed by atoms with Gasteiger partial charge in [0.2, 0.25) is 0 Å². The van der Waals surface area contributed by atoms with Gasteiger partial charge in [0.1, 0.15) is 5.82 Å². The van der Waals surface area contributed by atoms with Crippen molar-refractivity contribution in [2.75, 3.05) is 6.54 Å². The minimum atomic E-state index is -0.238. The van der Waals surface area contributed by atoms with Crippen molar-refractivity contribution in [1.82, 2.24) is 4.98 Å². The van der Waals surface area contributed by atoms with Gasteiger partial charge in [-0.3, -0.25) is 0 Å². The Labute approximate surface area is 86.0 Å². The van der Waals surface area contributed by atoms with E-state index in [1.807, 2.05) is 6.20 Å². The highest BCUT2D eigenvalue weighted by molar-refractivity contribution is 5.83. The van der Waals surface area contributed by atoms with Crippen LogP contribution in [0, 0.1) is 5.82 Å². The van der Waals surface area contributed by atoms with Gasteiger partial charge in [0.25, 0.3) is 0 Å². The van der Waals surface area contributed by atoms with E-state index in [1.165, 1.54) is 12.1 Å². The van der Waals surface area contributed by atoms with Crippen molar-refractivity contribution in [3.63, 3.8) is 0 Å². The molecule has 78 valence electrons. The highest BCUT2D eigenvalue weighted by Gasteiger charge is 2.03. The molecule has 0 amide bonds. The number of hydrogen-bond donors (Lipinski definition) is 2. The summed E-state index contributed by atoms with van der Waals surface area (Å²) in [5.41, 5.74) is 1.90. The van der Waals surface area contributed by atoms with E-state index in [1.54, 1.807) is 6.07 Å². The quantitative estimate of drug-likeness (QED) is 0.451. The number of benzene rings is 1. The van der Waals surface area contributed by atoms with Crippen LogP contribution in [-0.4, -0.2) is 11.5 Å². The second-order valence-electron chi connectivity index (χ2n) is 3.23. The maximum absolute atomic E-state index is 12.9. The SMILES string of the molecule is NN=NCCc1c[nH]c2cc(F)ccc12. The Hall–Kier alpha value is -1.91. The van der Waals surface area contributed by atoms with Gasteiger partial charge in [-0.15, -0.1) is 0 Å². The number of aromatic amines is 1. The number of nitrogens with two attached hydrogens (primary N) is 1. The minimum absolute atomic E-state index is 0.238. The van der Waals surface area contributed by atoms with E-state index >= 15 is 0 Å². The number of hydrogen-bond acceptors (Lipinski definition) is 2. The van der Waals surface area contributed by atoms with Gasteiger partial charge in [-0.1, -0.05) is 5.22 Å². The summed E-state index contributed by atoms with van der Waals surface area (Å²) in [5, 5.41) is 7.89. The van der Waals surface area contributed by atoms with E-state index in [0.29, 0.717) is 6.54 Å². The average Bonchev–Trinajstić information content (AvgIpc) is 2.61. The summed E-state index contributed by atoms with van der Waals surface area (Å²) in [4.78, 5) is 3.01. The Morgan fingerprint density at radius 1 is 1.40 bits per heavy atom. The predicted molar refractivity (Wildman–Crippen MR) is 55.9 cm³/mol. The van der Waals surface area contributed by atoms with E-state index in [-0.39, 0.29) is 5.82 Å². The zero-order valence-corrected chi connectivity index (χ0v) is 8.07. The summed E-state index contributed by atoms with van der Waals surface area (Å²) in [6.45, 7) is 0.542. The molecule has 0 aliphatic carbocycles. The van der Waals surface area contributed by atoms with Crippen molar-refractivity contribution in [3.05, 3.63) is 35.8 Å². The van der Waals surface area contributed by atoms with Gasteiger partial charge < -0.3 is 10.8 Å². The molecule has 0 unspecified atom stereocenters. The Morgan fingerprint density at radius 3 is 3.07 bits per heavy atom. The smallest absolute Gasteiger partial charge is 0.125 e. The third-order valence-electron chi connectivity index (χ3n) is 2.29. The zero-order chi connectivity index (χ0) is 10.7. The largest absolute Gasteiger partial charge is 0.361 e. The number of H-pyrrole nitrogens is 1. The van der Waals surface area contributed by atoms with Crippen LogP contribution >= 0.6 is 0 Å². The molecule has 0 aliphatic rings. The molecular formula is C10H11FN4. The van der Waals surface area contributed by atoms with Crippen molar-refractivity contribution < 1.29 is 4.39 Å². The second kappa shape index (κ2) is 4.08. The second-order valence-corrected chi connectivity index (χ2v) is 3.23. The number of nitrogens with one attached hydrogen (secondary N) is 1.